The molecule has 0 amide bonds. The number of nitrogens with one attached hydrogen (secondary N) is 2. The maximum absolute atomic E-state index is 5.24. The number of guanidine groups is 1. The molecule has 0 aliphatic heterocycles. The van der Waals surface area contributed by atoms with Gasteiger partial charge in [0.25, 0.3) is 0 Å². The molecule has 1 atom stereocenters. The van der Waals surface area contributed by atoms with Crippen molar-refractivity contribution in [2.24, 2.45) is 4.99 Å². The van der Waals surface area contributed by atoms with Gasteiger partial charge in [-0.1, -0.05) is 12.1 Å². The number of halogens is 1. The summed E-state index contributed by atoms with van der Waals surface area (Å²) in [6, 6.07) is 8.42. The van der Waals surface area contributed by atoms with Crippen LogP contribution in [0.2, 0.25) is 0 Å². The van der Waals surface area contributed by atoms with Gasteiger partial charge in [0.15, 0.2) is 5.96 Å². The van der Waals surface area contributed by atoms with E-state index in [-0.39, 0.29) is 30.0 Å². The molecule has 23 heavy (non-hydrogen) atoms. The van der Waals surface area contributed by atoms with E-state index in [4.69, 9.17) is 9.47 Å². The molecule has 0 aliphatic rings. The van der Waals surface area contributed by atoms with E-state index in [0.717, 1.165) is 37.6 Å². The number of benzene rings is 1. The van der Waals surface area contributed by atoms with E-state index in [1.165, 1.54) is 5.56 Å². The third-order valence-corrected chi connectivity index (χ3v) is 3.17. The summed E-state index contributed by atoms with van der Waals surface area (Å²) in [5, 5.41) is 6.58. The zero-order valence-electron chi connectivity index (χ0n) is 14.6. The van der Waals surface area contributed by atoms with Gasteiger partial charge in [0.05, 0.1) is 13.7 Å². The largest absolute Gasteiger partial charge is 0.497 e. The normalized spacial score (nSPS) is 12.3. The van der Waals surface area contributed by atoms with Crippen molar-refractivity contribution in [1.82, 2.24) is 10.6 Å². The monoisotopic (exact) mass is 435 g/mol. The van der Waals surface area contributed by atoms with Crippen LogP contribution in [0.3, 0.4) is 0 Å². The van der Waals surface area contributed by atoms with E-state index in [9.17, 15) is 0 Å². The quantitative estimate of drug-likeness (QED) is 0.271. The lowest BCUT2D eigenvalue weighted by Crippen LogP contribution is -2.44. The highest BCUT2D eigenvalue weighted by Crippen LogP contribution is 2.13. The van der Waals surface area contributed by atoms with Crippen LogP contribution in [0, 0.1) is 0 Å². The van der Waals surface area contributed by atoms with Crippen LogP contribution in [0.25, 0.3) is 0 Å². The molecular weight excluding hydrogens is 405 g/mol. The molecule has 132 valence electrons. The van der Waals surface area contributed by atoms with E-state index in [0.29, 0.717) is 6.61 Å². The Labute approximate surface area is 157 Å². The molecule has 2 N–H and O–H groups in total. The second-order valence-corrected chi connectivity index (χ2v) is 5.22. The lowest BCUT2D eigenvalue weighted by molar-refractivity contribution is 0.179. The lowest BCUT2D eigenvalue weighted by atomic mass is 10.1. The van der Waals surface area contributed by atoms with Gasteiger partial charge in [0, 0.05) is 26.2 Å². The summed E-state index contributed by atoms with van der Waals surface area (Å²) in [5.41, 5.74) is 1.28. The van der Waals surface area contributed by atoms with Crippen molar-refractivity contribution >= 4 is 29.9 Å². The summed E-state index contributed by atoms with van der Waals surface area (Å²) >= 11 is 0. The number of aryl methyl sites for hydroxylation is 1. The first-order chi connectivity index (χ1) is 10.7. The third kappa shape index (κ3) is 9.65. The first kappa shape index (κ1) is 22.0. The smallest absolute Gasteiger partial charge is 0.191 e. The molecule has 0 heterocycles. The van der Waals surface area contributed by atoms with Crippen molar-refractivity contribution in [3.63, 3.8) is 0 Å². The van der Waals surface area contributed by atoms with E-state index >= 15 is 0 Å². The van der Waals surface area contributed by atoms with Crippen LogP contribution < -0.4 is 15.4 Å². The van der Waals surface area contributed by atoms with Crippen molar-refractivity contribution in [3.8, 4) is 5.75 Å². The first-order valence-electron chi connectivity index (χ1n) is 7.86. The number of hydrogen-bond acceptors (Lipinski definition) is 3. The van der Waals surface area contributed by atoms with Crippen LogP contribution in [0.4, 0.5) is 0 Å². The number of methoxy groups -OCH3 is 2. The summed E-state index contributed by atoms with van der Waals surface area (Å²) < 4.78 is 10.4. The van der Waals surface area contributed by atoms with Crippen molar-refractivity contribution < 1.29 is 9.47 Å². The Morgan fingerprint density at radius 1 is 1.30 bits per heavy atom. The van der Waals surface area contributed by atoms with Gasteiger partial charge < -0.3 is 20.1 Å². The maximum atomic E-state index is 5.24. The predicted molar refractivity (Wildman–Crippen MR) is 107 cm³/mol. The highest BCUT2D eigenvalue weighted by atomic mass is 127. The fourth-order valence-electron chi connectivity index (χ4n) is 2.15. The highest BCUT2D eigenvalue weighted by Gasteiger charge is 2.04. The maximum Gasteiger partial charge on any atom is 0.191 e. The molecule has 1 aromatic carbocycles. The Morgan fingerprint density at radius 3 is 2.74 bits per heavy atom. The number of rotatable bonds is 9. The molecule has 0 spiro atoms. The fraction of sp³-hybridized carbons (Fsp3) is 0.588. The first-order valence-corrected chi connectivity index (χ1v) is 7.86. The van der Waals surface area contributed by atoms with E-state index in [1.807, 2.05) is 12.1 Å². The Balaban J connectivity index is 0.00000484. The molecule has 0 aliphatic carbocycles. The Morgan fingerprint density at radius 2 is 2.09 bits per heavy atom. The number of aliphatic imine (C=N–C) groups is 1. The Kier molecular flexibility index (Phi) is 12.8. The zero-order chi connectivity index (χ0) is 16.2. The van der Waals surface area contributed by atoms with Crippen molar-refractivity contribution in [3.05, 3.63) is 29.8 Å². The third-order valence-electron chi connectivity index (χ3n) is 3.17. The molecule has 0 radical (unpaired) electrons. The number of ether oxygens (including phenoxy) is 2. The highest BCUT2D eigenvalue weighted by molar-refractivity contribution is 14.0. The fourth-order valence-corrected chi connectivity index (χ4v) is 2.15. The van der Waals surface area contributed by atoms with Crippen LogP contribution in [0.1, 0.15) is 25.8 Å². The van der Waals surface area contributed by atoms with Gasteiger partial charge in [-0.2, -0.15) is 0 Å². The molecule has 1 aromatic rings. The molecule has 1 unspecified atom stereocenters. The summed E-state index contributed by atoms with van der Waals surface area (Å²) in [4.78, 5) is 4.60. The molecule has 0 fully saturated rings. The summed E-state index contributed by atoms with van der Waals surface area (Å²) in [7, 11) is 3.40. The second kappa shape index (κ2) is 13.4. The average molecular weight is 435 g/mol. The minimum Gasteiger partial charge on any atom is -0.497 e. The van der Waals surface area contributed by atoms with Gasteiger partial charge in [0.1, 0.15) is 5.75 Å². The minimum absolute atomic E-state index is 0. The molecule has 6 heteroatoms. The van der Waals surface area contributed by atoms with Crippen molar-refractivity contribution in [1.29, 1.82) is 0 Å². The van der Waals surface area contributed by atoms with Crippen LogP contribution in [0.15, 0.2) is 29.3 Å². The molecule has 5 nitrogen and oxygen atoms in total. The summed E-state index contributed by atoms with van der Waals surface area (Å²) in [5.74, 6) is 1.75. The molecule has 0 aromatic heterocycles. The van der Waals surface area contributed by atoms with Gasteiger partial charge >= 0.3 is 0 Å². The van der Waals surface area contributed by atoms with Gasteiger partial charge in [-0.25, -0.2) is 0 Å². The standard InChI is InChI=1S/C17H29N3O2.HI/c1-5-18-17(20-14(2)13-21-3)19-11-7-9-15-8-6-10-16(12-15)22-4;/h6,8,10,12,14H,5,7,9,11,13H2,1-4H3,(H2,18,19,20);1H. The van der Waals surface area contributed by atoms with Gasteiger partial charge in [-0.05, 0) is 44.4 Å². The van der Waals surface area contributed by atoms with E-state index in [2.05, 4.69) is 41.6 Å². The Bertz CT molecular complexity index is 455. The molecule has 0 saturated heterocycles. The second-order valence-electron chi connectivity index (χ2n) is 5.22. The molecule has 0 bridgehead atoms. The summed E-state index contributed by atoms with van der Waals surface area (Å²) in [6.07, 6.45) is 2.00. The van der Waals surface area contributed by atoms with E-state index in [1.54, 1.807) is 14.2 Å². The number of nitrogens with zero attached hydrogens (tertiary/aromatic N) is 1. The minimum atomic E-state index is 0. The molecule has 0 saturated carbocycles. The van der Waals surface area contributed by atoms with Crippen LogP contribution in [-0.2, 0) is 11.2 Å². The Hall–Kier alpha value is -1.02. The van der Waals surface area contributed by atoms with Crippen LogP contribution in [0.5, 0.6) is 5.75 Å². The van der Waals surface area contributed by atoms with Crippen molar-refractivity contribution in [2.75, 3.05) is 33.9 Å². The van der Waals surface area contributed by atoms with E-state index < -0.39 is 0 Å². The summed E-state index contributed by atoms with van der Waals surface area (Å²) in [6.45, 7) is 6.43. The topological polar surface area (TPSA) is 54.9 Å². The molecular formula is C17H30IN3O2. The van der Waals surface area contributed by atoms with Crippen molar-refractivity contribution in [2.45, 2.75) is 32.7 Å². The van der Waals surface area contributed by atoms with Gasteiger partial charge in [0.2, 0.25) is 0 Å². The van der Waals surface area contributed by atoms with Gasteiger partial charge in [-0.15, -0.1) is 24.0 Å². The average Bonchev–Trinajstić information content (AvgIpc) is 2.52. The number of hydrogen-bond donors (Lipinski definition) is 2. The predicted octanol–water partition coefficient (Wildman–Crippen LogP) is 2.84. The van der Waals surface area contributed by atoms with Crippen LogP contribution in [-0.4, -0.2) is 45.9 Å². The zero-order valence-corrected chi connectivity index (χ0v) is 16.9. The van der Waals surface area contributed by atoms with Crippen LogP contribution >= 0.6 is 24.0 Å². The lowest BCUT2D eigenvalue weighted by Gasteiger charge is -2.16. The van der Waals surface area contributed by atoms with Gasteiger partial charge in [-0.3, -0.25) is 4.99 Å². The SMILES string of the molecule is CCNC(=NCCCc1cccc(OC)c1)NC(C)COC.I. The molecule has 1 rings (SSSR count).